The van der Waals surface area contributed by atoms with Crippen molar-refractivity contribution in [2.24, 2.45) is 0 Å². The summed E-state index contributed by atoms with van der Waals surface area (Å²) in [5, 5.41) is 16.7. The molecule has 6 nitrogen and oxygen atoms in total. The molecule has 1 unspecified atom stereocenters. The van der Waals surface area contributed by atoms with Gasteiger partial charge in [-0.1, -0.05) is 12.1 Å². The molecular formula is C16H16BrN4O2S+. The van der Waals surface area contributed by atoms with Crippen LogP contribution in [0.3, 0.4) is 0 Å². The first-order chi connectivity index (χ1) is 11.5. The average molecular weight is 408 g/mol. The van der Waals surface area contributed by atoms with Crippen LogP contribution >= 0.6 is 27.3 Å². The summed E-state index contributed by atoms with van der Waals surface area (Å²) in [7, 11) is 1.76. The Hall–Kier alpha value is -2.21. The molecule has 1 atom stereocenters. The molecule has 0 aliphatic rings. The Morgan fingerprint density at radius 1 is 1.21 bits per heavy atom. The standard InChI is InChI=1S/C16H15BrN4O2S/c1-21(9-14(22)19-13-5-3-2-4-12(13)17)10-15(23)20-16-11(8-18)6-7-24-16/h2-7H,9-10H2,1H3,(H,19,22)(H,20,23)/p+1. The van der Waals surface area contributed by atoms with E-state index in [0.717, 1.165) is 9.37 Å². The second-order valence-corrected chi connectivity index (χ2v) is 6.93. The molecule has 2 aromatic rings. The van der Waals surface area contributed by atoms with E-state index in [1.807, 2.05) is 24.3 Å². The van der Waals surface area contributed by atoms with Crippen molar-refractivity contribution in [2.45, 2.75) is 0 Å². The predicted octanol–water partition coefficient (Wildman–Crippen LogP) is 1.47. The summed E-state index contributed by atoms with van der Waals surface area (Å²) in [4.78, 5) is 24.8. The van der Waals surface area contributed by atoms with Crippen molar-refractivity contribution in [2.75, 3.05) is 30.8 Å². The van der Waals surface area contributed by atoms with Crippen LogP contribution in [0.1, 0.15) is 5.56 Å². The molecule has 0 saturated carbocycles. The summed E-state index contributed by atoms with van der Waals surface area (Å²) in [6, 6.07) is 11.0. The molecule has 1 aromatic heterocycles. The molecule has 8 heteroatoms. The molecule has 0 fully saturated rings. The number of benzene rings is 1. The predicted molar refractivity (Wildman–Crippen MR) is 97.1 cm³/mol. The number of quaternary nitrogens is 1. The minimum atomic E-state index is -0.236. The van der Waals surface area contributed by atoms with Gasteiger partial charge in [0.15, 0.2) is 13.1 Å². The fraction of sp³-hybridized carbons (Fsp3) is 0.188. The Balaban J connectivity index is 1.83. The maximum absolute atomic E-state index is 12.0. The quantitative estimate of drug-likeness (QED) is 0.677. The van der Waals surface area contributed by atoms with Gasteiger partial charge in [0, 0.05) is 4.47 Å². The number of thiophene rings is 1. The third-order valence-corrected chi connectivity index (χ3v) is 4.63. The molecule has 0 aliphatic carbocycles. The van der Waals surface area contributed by atoms with Gasteiger partial charge in [0.1, 0.15) is 11.1 Å². The number of hydrogen-bond donors (Lipinski definition) is 3. The molecule has 2 rings (SSSR count). The second-order valence-electron chi connectivity index (χ2n) is 5.16. The average Bonchev–Trinajstić information content (AvgIpc) is 2.96. The molecule has 24 heavy (non-hydrogen) atoms. The molecule has 0 bridgehead atoms. The number of nitrogens with one attached hydrogen (secondary N) is 3. The van der Waals surface area contributed by atoms with Gasteiger partial charge in [0.25, 0.3) is 11.8 Å². The van der Waals surface area contributed by atoms with Crippen molar-refractivity contribution < 1.29 is 14.5 Å². The van der Waals surface area contributed by atoms with Crippen LogP contribution < -0.4 is 15.5 Å². The lowest BCUT2D eigenvalue weighted by Gasteiger charge is -2.14. The molecule has 1 heterocycles. The van der Waals surface area contributed by atoms with Crippen molar-refractivity contribution in [3.63, 3.8) is 0 Å². The molecule has 0 aliphatic heterocycles. The highest BCUT2D eigenvalue weighted by atomic mass is 79.9. The number of nitriles is 1. The van der Waals surface area contributed by atoms with E-state index >= 15 is 0 Å². The van der Waals surface area contributed by atoms with Gasteiger partial charge >= 0.3 is 0 Å². The minimum absolute atomic E-state index is 0.131. The van der Waals surface area contributed by atoms with Crippen molar-refractivity contribution in [3.05, 3.63) is 45.7 Å². The molecule has 0 radical (unpaired) electrons. The molecule has 1 aromatic carbocycles. The third kappa shape index (κ3) is 5.16. The van der Waals surface area contributed by atoms with Crippen LogP contribution in [-0.4, -0.2) is 32.0 Å². The van der Waals surface area contributed by atoms with E-state index in [2.05, 4.69) is 26.6 Å². The Morgan fingerprint density at radius 3 is 2.54 bits per heavy atom. The number of amides is 2. The van der Waals surface area contributed by atoms with E-state index in [1.54, 1.807) is 24.6 Å². The Kier molecular flexibility index (Phi) is 6.49. The number of para-hydroxylation sites is 1. The maximum Gasteiger partial charge on any atom is 0.280 e. The number of halogens is 1. The van der Waals surface area contributed by atoms with Crippen molar-refractivity contribution in [1.29, 1.82) is 5.26 Å². The first-order valence-electron chi connectivity index (χ1n) is 7.12. The van der Waals surface area contributed by atoms with Gasteiger partial charge in [0.2, 0.25) is 0 Å². The van der Waals surface area contributed by atoms with Crippen LogP contribution in [0.15, 0.2) is 40.2 Å². The highest BCUT2D eigenvalue weighted by Gasteiger charge is 2.16. The van der Waals surface area contributed by atoms with Gasteiger partial charge in [-0.3, -0.25) is 9.59 Å². The van der Waals surface area contributed by atoms with Crippen LogP contribution in [0.4, 0.5) is 10.7 Å². The Labute approximate surface area is 152 Å². The first kappa shape index (κ1) is 18.1. The molecule has 0 spiro atoms. The number of rotatable bonds is 6. The first-order valence-corrected chi connectivity index (χ1v) is 8.80. The largest absolute Gasteiger partial charge is 0.322 e. The summed E-state index contributed by atoms with van der Waals surface area (Å²) in [6.45, 7) is 0.288. The van der Waals surface area contributed by atoms with Crippen LogP contribution in [0.2, 0.25) is 0 Å². The van der Waals surface area contributed by atoms with Crippen LogP contribution in [0.5, 0.6) is 0 Å². The van der Waals surface area contributed by atoms with E-state index < -0.39 is 0 Å². The number of carbonyl (C=O) groups excluding carboxylic acids is 2. The smallest absolute Gasteiger partial charge is 0.280 e. The van der Waals surface area contributed by atoms with E-state index in [0.29, 0.717) is 16.3 Å². The third-order valence-electron chi connectivity index (χ3n) is 3.11. The lowest BCUT2D eigenvalue weighted by atomic mass is 10.3. The highest BCUT2D eigenvalue weighted by Crippen LogP contribution is 2.22. The van der Waals surface area contributed by atoms with E-state index in [-0.39, 0.29) is 24.9 Å². The van der Waals surface area contributed by atoms with Gasteiger partial charge in [0.05, 0.1) is 18.3 Å². The summed E-state index contributed by atoms with van der Waals surface area (Å²) >= 11 is 4.67. The van der Waals surface area contributed by atoms with E-state index in [4.69, 9.17) is 5.26 Å². The number of carbonyl (C=O) groups is 2. The summed E-state index contributed by atoms with van der Waals surface area (Å²) < 4.78 is 0.801. The fourth-order valence-corrected chi connectivity index (χ4v) is 3.17. The Bertz CT molecular complexity index is 766. The minimum Gasteiger partial charge on any atom is -0.322 e. The van der Waals surface area contributed by atoms with Gasteiger partial charge in [-0.05, 0) is 39.5 Å². The molecule has 2 amide bonds. The second kappa shape index (κ2) is 8.59. The fourth-order valence-electron chi connectivity index (χ4n) is 2.03. The lowest BCUT2D eigenvalue weighted by Crippen LogP contribution is -3.11. The molecule has 3 N–H and O–H groups in total. The summed E-state index contributed by atoms with van der Waals surface area (Å²) in [5.41, 5.74) is 1.13. The topological polar surface area (TPSA) is 86.4 Å². The summed E-state index contributed by atoms with van der Waals surface area (Å²) in [6.07, 6.45) is 0. The Morgan fingerprint density at radius 2 is 1.88 bits per heavy atom. The van der Waals surface area contributed by atoms with Gasteiger partial charge in [-0.2, -0.15) is 5.26 Å². The van der Waals surface area contributed by atoms with Crippen LogP contribution in [-0.2, 0) is 9.59 Å². The monoisotopic (exact) mass is 407 g/mol. The SMILES string of the molecule is C[NH+](CC(=O)Nc1ccccc1Br)CC(=O)Nc1sccc1C#N. The normalized spacial score (nSPS) is 11.4. The molecular weight excluding hydrogens is 392 g/mol. The number of anilines is 2. The molecule has 124 valence electrons. The van der Waals surface area contributed by atoms with E-state index in [1.165, 1.54) is 11.3 Å². The zero-order chi connectivity index (χ0) is 17.5. The van der Waals surface area contributed by atoms with Gasteiger partial charge in [-0.25, -0.2) is 0 Å². The number of likely N-dealkylation sites (N-methyl/N-ethyl adjacent to an activating group) is 1. The van der Waals surface area contributed by atoms with Crippen molar-refractivity contribution in [1.82, 2.24) is 0 Å². The zero-order valence-corrected chi connectivity index (χ0v) is 15.3. The zero-order valence-electron chi connectivity index (χ0n) is 12.9. The number of hydrogen-bond acceptors (Lipinski definition) is 4. The van der Waals surface area contributed by atoms with E-state index in [9.17, 15) is 9.59 Å². The van der Waals surface area contributed by atoms with Gasteiger partial charge in [-0.15, -0.1) is 11.3 Å². The summed E-state index contributed by atoms with van der Waals surface area (Å²) in [5.74, 6) is -0.416. The van der Waals surface area contributed by atoms with Crippen LogP contribution in [0.25, 0.3) is 0 Å². The van der Waals surface area contributed by atoms with Crippen molar-refractivity contribution in [3.8, 4) is 6.07 Å². The highest BCUT2D eigenvalue weighted by molar-refractivity contribution is 9.10. The molecule has 0 saturated heterocycles. The van der Waals surface area contributed by atoms with Crippen molar-refractivity contribution >= 4 is 49.8 Å². The lowest BCUT2D eigenvalue weighted by molar-refractivity contribution is -0.862. The van der Waals surface area contributed by atoms with Crippen LogP contribution in [0, 0.1) is 11.3 Å². The van der Waals surface area contributed by atoms with Gasteiger partial charge < -0.3 is 15.5 Å². The number of nitrogens with zero attached hydrogens (tertiary/aromatic N) is 1. The maximum atomic E-state index is 12.0.